The van der Waals surface area contributed by atoms with Crippen LogP contribution in [0.3, 0.4) is 0 Å². The van der Waals surface area contributed by atoms with Crippen LogP contribution in [0.1, 0.15) is 89.4 Å². The number of hydrogen-bond donors (Lipinski definition) is 0. The van der Waals surface area contributed by atoms with Crippen LogP contribution in [-0.2, 0) is 0 Å². The minimum atomic E-state index is -0.406. The minimum absolute atomic E-state index is 0.0608. The first-order chi connectivity index (χ1) is 19.2. The maximum absolute atomic E-state index is 13.7. The number of imide groups is 2. The molecule has 6 nitrogen and oxygen atoms in total. The Morgan fingerprint density at radius 3 is 1.15 bits per heavy atom. The highest BCUT2D eigenvalue weighted by Gasteiger charge is 2.40. The fraction of sp³-hybridized carbons (Fsp3) is 0.235. The average Bonchev–Trinajstić information content (AvgIpc) is 2.94. The maximum atomic E-state index is 13.7. The maximum Gasteiger partial charge on any atom is 0.261 e. The summed E-state index contributed by atoms with van der Waals surface area (Å²) in [6.45, 7) is 8.47. The highest BCUT2D eigenvalue weighted by molar-refractivity contribution is 6.33. The fourth-order valence-corrected chi connectivity index (χ4v) is 6.02. The van der Waals surface area contributed by atoms with Crippen molar-refractivity contribution in [2.45, 2.75) is 39.5 Å². The Balaban J connectivity index is 1.36. The predicted octanol–water partition coefficient (Wildman–Crippen LogP) is 6.26. The number of carbonyl (C=O) groups is 4. The standard InChI is InChI=1S/C34H30N2O4/c1-19-7-5-9-23(15-19)21(3)17-35-31(37)25-11-13-27-30-28(14-12-26(29(25)30)32(35)38)34(40)36(33(27)39)18-22(4)24-10-6-8-20(2)16-24/h5-16,21-22H,17-18H2,1-4H3. The monoisotopic (exact) mass is 530 g/mol. The second-order valence-corrected chi connectivity index (χ2v) is 11.1. The molecule has 4 amide bonds. The van der Waals surface area contributed by atoms with Crippen molar-refractivity contribution in [1.29, 1.82) is 0 Å². The summed E-state index contributed by atoms with van der Waals surface area (Å²) in [5.41, 5.74) is 5.69. The minimum Gasteiger partial charge on any atom is -0.274 e. The van der Waals surface area contributed by atoms with Gasteiger partial charge >= 0.3 is 0 Å². The molecule has 0 saturated heterocycles. The summed E-state index contributed by atoms with van der Waals surface area (Å²) in [6.07, 6.45) is 0. The Labute approximate surface area is 233 Å². The molecule has 0 saturated carbocycles. The van der Waals surface area contributed by atoms with Crippen LogP contribution >= 0.6 is 0 Å². The molecule has 2 heterocycles. The molecule has 2 unspecified atom stereocenters. The van der Waals surface area contributed by atoms with E-state index in [1.165, 1.54) is 9.80 Å². The SMILES string of the molecule is Cc1cccc(C(C)CN2C(=O)c3ccc4c5c(ccc(c35)C2=O)C(=O)N(CC(C)c2cccc(C)c2)C4=O)c1. The van der Waals surface area contributed by atoms with Gasteiger partial charge in [-0.1, -0.05) is 73.5 Å². The van der Waals surface area contributed by atoms with E-state index in [0.717, 1.165) is 22.3 Å². The normalized spacial score (nSPS) is 16.1. The zero-order chi connectivity index (χ0) is 28.3. The summed E-state index contributed by atoms with van der Waals surface area (Å²) >= 11 is 0. The van der Waals surface area contributed by atoms with Gasteiger partial charge in [0.25, 0.3) is 23.6 Å². The Bertz CT molecular complexity index is 1560. The summed E-state index contributed by atoms with van der Waals surface area (Å²) in [6, 6.07) is 22.6. The van der Waals surface area contributed by atoms with Gasteiger partial charge in [-0.05, 0) is 61.1 Å². The smallest absolute Gasteiger partial charge is 0.261 e. The van der Waals surface area contributed by atoms with Crippen molar-refractivity contribution in [2.75, 3.05) is 13.1 Å². The molecule has 0 fully saturated rings. The van der Waals surface area contributed by atoms with Crippen molar-refractivity contribution >= 4 is 34.4 Å². The third kappa shape index (κ3) is 4.02. The van der Waals surface area contributed by atoms with E-state index in [9.17, 15) is 19.2 Å². The number of rotatable bonds is 6. The van der Waals surface area contributed by atoms with Gasteiger partial charge in [0.05, 0.1) is 0 Å². The number of nitrogens with zero attached hydrogens (tertiary/aromatic N) is 2. The quantitative estimate of drug-likeness (QED) is 0.276. The second-order valence-electron chi connectivity index (χ2n) is 11.1. The highest BCUT2D eigenvalue weighted by Crippen LogP contribution is 2.39. The van der Waals surface area contributed by atoms with Crippen molar-refractivity contribution in [3.05, 3.63) is 117 Å². The molecule has 4 aromatic rings. The molecule has 0 radical (unpaired) electrons. The molecule has 0 spiro atoms. The van der Waals surface area contributed by atoms with E-state index in [1.54, 1.807) is 24.3 Å². The molecule has 6 heteroatoms. The van der Waals surface area contributed by atoms with Gasteiger partial charge in [-0.15, -0.1) is 0 Å². The van der Waals surface area contributed by atoms with Gasteiger partial charge in [0, 0.05) is 46.1 Å². The van der Waals surface area contributed by atoms with Gasteiger partial charge in [0.2, 0.25) is 0 Å². The lowest BCUT2D eigenvalue weighted by atomic mass is 9.85. The molecule has 0 bridgehead atoms. The number of hydrogen-bond acceptors (Lipinski definition) is 4. The van der Waals surface area contributed by atoms with Crippen LogP contribution in [0.4, 0.5) is 0 Å². The van der Waals surface area contributed by atoms with Crippen LogP contribution in [0.25, 0.3) is 10.8 Å². The lowest BCUT2D eigenvalue weighted by Gasteiger charge is -2.33. The molecule has 2 atom stereocenters. The van der Waals surface area contributed by atoms with E-state index >= 15 is 0 Å². The largest absolute Gasteiger partial charge is 0.274 e. The Morgan fingerprint density at radius 1 is 0.525 bits per heavy atom. The van der Waals surface area contributed by atoms with E-state index in [2.05, 4.69) is 12.1 Å². The van der Waals surface area contributed by atoms with Gasteiger partial charge in [-0.3, -0.25) is 29.0 Å². The third-order valence-electron chi connectivity index (χ3n) is 8.20. The lowest BCUT2D eigenvalue weighted by Crippen LogP contribution is -2.45. The summed E-state index contributed by atoms with van der Waals surface area (Å²) < 4.78 is 0. The molecule has 4 aromatic carbocycles. The number of carbonyl (C=O) groups excluding carboxylic acids is 4. The van der Waals surface area contributed by atoms with Crippen LogP contribution in [0.5, 0.6) is 0 Å². The van der Waals surface area contributed by atoms with E-state index in [1.807, 2.05) is 64.1 Å². The molecular weight excluding hydrogens is 500 g/mol. The molecule has 0 aromatic heterocycles. The molecule has 0 N–H and O–H groups in total. The molecule has 6 rings (SSSR count). The molecule has 40 heavy (non-hydrogen) atoms. The van der Waals surface area contributed by atoms with Gasteiger partial charge in [0.15, 0.2) is 0 Å². The average molecular weight is 531 g/mol. The second kappa shape index (κ2) is 9.56. The zero-order valence-electron chi connectivity index (χ0n) is 23.0. The zero-order valence-corrected chi connectivity index (χ0v) is 23.0. The van der Waals surface area contributed by atoms with Gasteiger partial charge in [-0.2, -0.15) is 0 Å². The van der Waals surface area contributed by atoms with Crippen LogP contribution in [0, 0.1) is 13.8 Å². The van der Waals surface area contributed by atoms with E-state index in [0.29, 0.717) is 33.0 Å². The predicted molar refractivity (Wildman–Crippen MR) is 154 cm³/mol. The van der Waals surface area contributed by atoms with Gasteiger partial charge < -0.3 is 0 Å². The number of amides is 4. The molecular formula is C34H30N2O4. The van der Waals surface area contributed by atoms with Gasteiger partial charge in [0.1, 0.15) is 0 Å². The van der Waals surface area contributed by atoms with Crippen molar-refractivity contribution in [2.24, 2.45) is 0 Å². The third-order valence-corrected chi connectivity index (χ3v) is 8.20. The first kappa shape index (κ1) is 25.7. The number of benzene rings is 4. The first-order valence-corrected chi connectivity index (χ1v) is 13.6. The van der Waals surface area contributed by atoms with E-state index in [-0.39, 0.29) is 24.9 Å². The molecule has 200 valence electrons. The summed E-state index contributed by atoms with van der Waals surface area (Å²) in [7, 11) is 0. The number of aryl methyl sites for hydroxylation is 2. The van der Waals surface area contributed by atoms with E-state index in [4.69, 9.17) is 0 Å². The highest BCUT2D eigenvalue weighted by atomic mass is 16.2. The summed E-state index contributed by atoms with van der Waals surface area (Å²) in [4.78, 5) is 57.2. The molecule has 0 aliphatic carbocycles. The Kier molecular flexibility index (Phi) is 6.14. The van der Waals surface area contributed by atoms with Crippen molar-refractivity contribution in [3.8, 4) is 0 Å². The van der Waals surface area contributed by atoms with Crippen molar-refractivity contribution < 1.29 is 19.2 Å². The van der Waals surface area contributed by atoms with E-state index < -0.39 is 23.6 Å². The van der Waals surface area contributed by atoms with Crippen LogP contribution in [-0.4, -0.2) is 46.5 Å². The topological polar surface area (TPSA) is 74.8 Å². The lowest BCUT2D eigenvalue weighted by molar-refractivity contribution is 0.0581. The molecule has 2 aliphatic heterocycles. The molecule has 2 aliphatic rings. The van der Waals surface area contributed by atoms with Crippen LogP contribution < -0.4 is 0 Å². The summed E-state index contributed by atoms with van der Waals surface area (Å²) in [5, 5.41) is 0.801. The fourth-order valence-electron chi connectivity index (χ4n) is 6.02. The van der Waals surface area contributed by atoms with Crippen LogP contribution in [0.15, 0.2) is 72.8 Å². The Morgan fingerprint density at radius 2 is 0.850 bits per heavy atom. The summed E-state index contributed by atoms with van der Waals surface area (Å²) in [5.74, 6) is -1.75. The Hall–Kier alpha value is -4.58. The first-order valence-electron chi connectivity index (χ1n) is 13.6. The van der Waals surface area contributed by atoms with Crippen molar-refractivity contribution in [3.63, 3.8) is 0 Å². The van der Waals surface area contributed by atoms with Crippen molar-refractivity contribution in [1.82, 2.24) is 9.80 Å². The van der Waals surface area contributed by atoms with Gasteiger partial charge in [-0.25, -0.2) is 0 Å². The van der Waals surface area contributed by atoms with Crippen LogP contribution in [0.2, 0.25) is 0 Å².